The molecule has 2 rings (SSSR count). The normalized spacial score (nSPS) is 10.6. The van der Waals surface area contributed by atoms with Crippen LogP contribution in [0.3, 0.4) is 0 Å². The van der Waals surface area contributed by atoms with E-state index in [1.54, 1.807) is 7.11 Å². The molecule has 0 N–H and O–H groups in total. The first kappa shape index (κ1) is 12.6. The van der Waals surface area contributed by atoms with Crippen molar-refractivity contribution in [2.75, 3.05) is 7.11 Å². The standard InChI is InChI=1S/C14H19N3O/c1-4-11-9-13(5-2)17(16-11)10-12-7-6-8-14(15-12)18-3/h6-9H,4-5,10H2,1-3H3. The van der Waals surface area contributed by atoms with Crippen LogP contribution >= 0.6 is 0 Å². The number of aromatic nitrogens is 3. The Morgan fingerprint density at radius 1 is 1.17 bits per heavy atom. The molecule has 0 saturated heterocycles. The van der Waals surface area contributed by atoms with Crippen molar-refractivity contribution in [1.82, 2.24) is 14.8 Å². The number of pyridine rings is 1. The van der Waals surface area contributed by atoms with Gasteiger partial charge >= 0.3 is 0 Å². The van der Waals surface area contributed by atoms with E-state index >= 15 is 0 Å². The van der Waals surface area contributed by atoms with Crippen LogP contribution in [0.15, 0.2) is 24.3 Å². The summed E-state index contributed by atoms with van der Waals surface area (Å²) < 4.78 is 7.16. The Morgan fingerprint density at radius 2 is 2.00 bits per heavy atom. The van der Waals surface area contributed by atoms with Crippen molar-refractivity contribution in [2.45, 2.75) is 33.2 Å². The Labute approximate surface area is 108 Å². The molecule has 4 heteroatoms. The minimum absolute atomic E-state index is 0.647. The van der Waals surface area contributed by atoms with Crippen LogP contribution < -0.4 is 4.74 Å². The molecule has 2 heterocycles. The van der Waals surface area contributed by atoms with Crippen LogP contribution in [0, 0.1) is 0 Å². The first-order valence-electron chi connectivity index (χ1n) is 6.32. The van der Waals surface area contributed by atoms with Crippen molar-refractivity contribution in [3.8, 4) is 5.88 Å². The van der Waals surface area contributed by atoms with Gasteiger partial charge < -0.3 is 4.74 Å². The summed E-state index contributed by atoms with van der Waals surface area (Å²) in [5, 5.41) is 4.59. The van der Waals surface area contributed by atoms with Crippen molar-refractivity contribution < 1.29 is 4.74 Å². The SMILES string of the molecule is CCc1cc(CC)n(Cc2cccc(OC)n2)n1. The second kappa shape index (κ2) is 5.67. The molecule has 4 nitrogen and oxygen atoms in total. The van der Waals surface area contributed by atoms with Gasteiger partial charge in [-0.1, -0.05) is 19.9 Å². The van der Waals surface area contributed by atoms with Gasteiger partial charge in [0.25, 0.3) is 0 Å². The summed E-state index contributed by atoms with van der Waals surface area (Å²) in [6, 6.07) is 7.97. The van der Waals surface area contributed by atoms with E-state index < -0.39 is 0 Å². The molecule has 96 valence electrons. The Kier molecular flexibility index (Phi) is 3.97. The highest BCUT2D eigenvalue weighted by Gasteiger charge is 2.07. The minimum atomic E-state index is 0.647. The maximum absolute atomic E-state index is 5.13. The van der Waals surface area contributed by atoms with Crippen LogP contribution in [0.5, 0.6) is 5.88 Å². The van der Waals surface area contributed by atoms with Gasteiger partial charge in [-0.05, 0) is 25.0 Å². The van der Waals surface area contributed by atoms with Gasteiger partial charge in [-0.15, -0.1) is 0 Å². The summed E-state index contributed by atoms with van der Waals surface area (Å²) in [7, 11) is 1.63. The van der Waals surface area contributed by atoms with E-state index in [1.807, 2.05) is 22.9 Å². The van der Waals surface area contributed by atoms with E-state index in [9.17, 15) is 0 Å². The lowest BCUT2D eigenvalue weighted by molar-refractivity contribution is 0.395. The molecule has 0 amide bonds. The third kappa shape index (κ3) is 2.70. The number of rotatable bonds is 5. The van der Waals surface area contributed by atoms with Crippen molar-refractivity contribution >= 4 is 0 Å². The molecular formula is C14H19N3O. The zero-order valence-corrected chi connectivity index (χ0v) is 11.2. The first-order chi connectivity index (χ1) is 8.76. The molecule has 0 aromatic carbocycles. The summed E-state index contributed by atoms with van der Waals surface area (Å²) in [4.78, 5) is 4.41. The van der Waals surface area contributed by atoms with Gasteiger partial charge in [0.2, 0.25) is 5.88 Å². The molecule has 0 aliphatic carbocycles. The molecule has 0 bridgehead atoms. The van der Waals surface area contributed by atoms with Gasteiger partial charge in [0.15, 0.2) is 0 Å². The van der Waals surface area contributed by atoms with Crippen molar-refractivity contribution in [3.05, 3.63) is 41.3 Å². The molecule has 0 saturated carbocycles. The van der Waals surface area contributed by atoms with Crippen LogP contribution in [-0.2, 0) is 19.4 Å². The second-order valence-corrected chi connectivity index (χ2v) is 4.16. The topological polar surface area (TPSA) is 39.9 Å². The van der Waals surface area contributed by atoms with Gasteiger partial charge in [-0.3, -0.25) is 4.68 Å². The van der Waals surface area contributed by atoms with Crippen LogP contribution in [0.25, 0.3) is 0 Å². The van der Waals surface area contributed by atoms with Gasteiger partial charge in [-0.2, -0.15) is 5.10 Å². The van der Waals surface area contributed by atoms with E-state index in [0.29, 0.717) is 12.4 Å². The Morgan fingerprint density at radius 3 is 2.67 bits per heavy atom. The number of hydrogen-bond donors (Lipinski definition) is 0. The lowest BCUT2D eigenvalue weighted by Crippen LogP contribution is -2.07. The molecule has 0 aliphatic heterocycles. The molecule has 18 heavy (non-hydrogen) atoms. The Balaban J connectivity index is 2.24. The van der Waals surface area contributed by atoms with E-state index in [-0.39, 0.29) is 0 Å². The average Bonchev–Trinajstić information content (AvgIpc) is 2.81. The maximum atomic E-state index is 5.13. The van der Waals surface area contributed by atoms with Gasteiger partial charge in [0.05, 0.1) is 25.0 Å². The van der Waals surface area contributed by atoms with Gasteiger partial charge in [0.1, 0.15) is 0 Å². The minimum Gasteiger partial charge on any atom is -0.481 e. The number of aryl methyl sites for hydroxylation is 2. The molecule has 2 aromatic heterocycles. The smallest absolute Gasteiger partial charge is 0.213 e. The fraction of sp³-hybridized carbons (Fsp3) is 0.429. The average molecular weight is 245 g/mol. The Bertz CT molecular complexity index is 520. The third-order valence-corrected chi connectivity index (χ3v) is 2.94. The highest BCUT2D eigenvalue weighted by atomic mass is 16.5. The maximum Gasteiger partial charge on any atom is 0.213 e. The fourth-order valence-electron chi connectivity index (χ4n) is 1.92. The van der Waals surface area contributed by atoms with E-state index in [4.69, 9.17) is 4.74 Å². The van der Waals surface area contributed by atoms with E-state index in [0.717, 1.165) is 24.2 Å². The molecule has 0 radical (unpaired) electrons. The molecular weight excluding hydrogens is 226 g/mol. The highest BCUT2D eigenvalue weighted by Crippen LogP contribution is 2.11. The van der Waals surface area contributed by atoms with Crippen molar-refractivity contribution in [3.63, 3.8) is 0 Å². The predicted octanol–water partition coefficient (Wildman–Crippen LogP) is 2.46. The van der Waals surface area contributed by atoms with Crippen LogP contribution in [0.4, 0.5) is 0 Å². The summed E-state index contributed by atoms with van der Waals surface area (Å²) in [6.07, 6.45) is 1.95. The quantitative estimate of drug-likeness (QED) is 0.812. The first-order valence-corrected chi connectivity index (χ1v) is 6.32. The third-order valence-electron chi connectivity index (χ3n) is 2.94. The van der Waals surface area contributed by atoms with E-state index in [1.165, 1.54) is 5.69 Å². The lowest BCUT2D eigenvalue weighted by atomic mass is 10.2. The van der Waals surface area contributed by atoms with Crippen LogP contribution in [0.2, 0.25) is 0 Å². The van der Waals surface area contributed by atoms with E-state index in [2.05, 4.69) is 30.0 Å². The van der Waals surface area contributed by atoms with Crippen LogP contribution in [0.1, 0.15) is 30.9 Å². The zero-order chi connectivity index (χ0) is 13.0. The summed E-state index contributed by atoms with van der Waals surface area (Å²) >= 11 is 0. The second-order valence-electron chi connectivity index (χ2n) is 4.16. The van der Waals surface area contributed by atoms with Crippen LogP contribution in [-0.4, -0.2) is 21.9 Å². The summed E-state index contributed by atoms with van der Waals surface area (Å²) in [5.41, 5.74) is 3.35. The lowest BCUT2D eigenvalue weighted by Gasteiger charge is -2.06. The molecule has 2 aromatic rings. The number of nitrogens with zero attached hydrogens (tertiary/aromatic N) is 3. The van der Waals surface area contributed by atoms with Crippen molar-refractivity contribution in [1.29, 1.82) is 0 Å². The molecule has 0 atom stereocenters. The zero-order valence-electron chi connectivity index (χ0n) is 11.2. The molecule has 0 unspecified atom stereocenters. The van der Waals surface area contributed by atoms with Crippen molar-refractivity contribution in [2.24, 2.45) is 0 Å². The van der Waals surface area contributed by atoms with Gasteiger partial charge in [-0.25, -0.2) is 4.98 Å². The number of methoxy groups -OCH3 is 1. The molecule has 0 fully saturated rings. The predicted molar refractivity (Wildman–Crippen MR) is 70.9 cm³/mol. The Hall–Kier alpha value is -1.84. The molecule has 0 spiro atoms. The van der Waals surface area contributed by atoms with Gasteiger partial charge in [0, 0.05) is 11.8 Å². The number of ether oxygens (including phenoxy) is 1. The summed E-state index contributed by atoms with van der Waals surface area (Å²) in [5.74, 6) is 0.647. The number of hydrogen-bond acceptors (Lipinski definition) is 3. The monoisotopic (exact) mass is 245 g/mol. The highest BCUT2D eigenvalue weighted by molar-refractivity contribution is 5.17. The largest absolute Gasteiger partial charge is 0.481 e. The summed E-state index contributed by atoms with van der Waals surface area (Å²) in [6.45, 7) is 4.96. The molecule has 0 aliphatic rings. The fourth-order valence-corrected chi connectivity index (χ4v) is 1.92.